The third-order valence-corrected chi connectivity index (χ3v) is 3.02. The van der Waals surface area contributed by atoms with E-state index in [1.807, 2.05) is 6.92 Å². The molecular formula is C11H15BrClF2NO. The topological polar surface area (TPSA) is 46.2 Å². The summed E-state index contributed by atoms with van der Waals surface area (Å²) in [4.78, 5) is 0. The Kier molecular flexibility index (Phi) is 7.16. The van der Waals surface area contributed by atoms with Crippen LogP contribution in [0.5, 0.6) is 0 Å². The first-order chi connectivity index (χ1) is 7.49. The van der Waals surface area contributed by atoms with Crippen molar-refractivity contribution in [2.75, 3.05) is 0 Å². The Hall–Kier alpha value is -0.230. The Morgan fingerprint density at radius 2 is 2.00 bits per heavy atom. The molecule has 1 aromatic carbocycles. The molecule has 0 radical (unpaired) electrons. The van der Waals surface area contributed by atoms with Crippen LogP contribution < -0.4 is 5.73 Å². The van der Waals surface area contributed by atoms with Crippen molar-refractivity contribution in [1.29, 1.82) is 0 Å². The lowest BCUT2D eigenvalue weighted by Gasteiger charge is -2.20. The second kappa shape index (κ2) is 7.26. The number of aliphatic hydroxyl groups is 1. The predicted molar refractivity (Wildman–Crippen MR) is 69.1 cm³/mol. The van der Waals surface area contributed by atoms with Crippen LogP contribution in [0, 0.1) is 11.6 Å². The zero-order valence-corrected chi connectivity index (χ0v) is 11.7. The van der Waals surface area contributed by atoms with Crippen LogP contribution in [0.4, 0.5) is 8.78 Å². The number of hydrogen-bond acceptors (Lipinski definition) is 2. The maximum atomic E-state index is 13.6. The molecule has 1 aromatic rings. The van der Waals surface area contributed by atoms with Gasteiger partial charge in [-0.05, 0) is 34.5 Å². The minimum atomic E-state index is -1.04. The molecule has 0 fully saturated rings. The first-order valence-corrected chi connectivity index (χ1v) is 5.85. The molecule has 2 atom stereocenters. The minimum Gasteiger partial charge on any atom is -0.391 e. The van der Waals surface area contributed by atoms with Crippen LogP contribution >= 0.6 is 28.3 Å². The molecule has 6 heteroatoms. The Balaban J connectivity index is 0.00000256. The molecule has 0 aliphatic carbocycles. The maximum Gasteiger partial charge on any atom is 0.145 e. The van der Waals surface area contributed by atoms with Gasteiger partial charge < -0.3 is 10.8 Å². The highest BCUT2D eigenvalue weighted by Gasteiger charge is 2.24. The molecule has 98 valence electrons. The fourth-order valence-corrected chi connectivity index (χ4v) is 1.86. The van der Waals surface area contributed by atoms with Gasteiger partial charge in [-0.2, -0.15) is 0 Å². The smallest absolute Gasteiger partial charge is 0.145 e. The van der Waals surface area contributed by atoms with E-state index in [1.54, 1.807) is 0 Å². The van der Waals surface area contributed by atoms with E-state index in [-0.39, 0.29) is 22.4 Å². The fourth-order valence-electron chi connectivity index (χ4n) is 1.52. The fraction of sp³-hybridized carbons (Fsp3) is 0.455. The molecule has 0 unspecified atom stereocenters. The molecule has 2 nitrogen and oxygen atoms in total. The number of hydrogen-bond donors (Lipinski definition) is 2. The van der Waals surface area contributed by atoms with Crippen molar-refractivity contribution < 1.29 is 13.9 Å². The van der Waals surface area contributed by atoms with Crippen LogP contribution in [-0.2, 0) is 0 Å². The second-order valence-corrected chi connectivity index (χ2v) is 4.49. The third-order valence-electron chi connectivity index (χ3n) is 2.41. The van der Waals surface area contributed by atoms with E-state index in [0.29, 0.717) is 12.8 Å². The molecule has 0 spiro atoms. The number of rotatable bonds is 4. The van der Waals surface area contributed by atoms with Gasteiger partial charge in [0.15, 0.2) is 0 Å². The van der Waals surface area contributed by atoms with Gasteiger partial charge in [-0.25, -0.2) is 8.78 Å². The van der Waals surface area contributed by atoms with Gasteiger partial charge in [0.05, 0.1) is 16.6 Å². The maximum absolute atomic E-state index is 13.6. The van der Waals surface area contributed by atoms with Gasteiger partial charge in [-0.1, -0.05) is 13.3 Å². The monoisotopic (exact) mass is 329 g/mol. The predicted octanol–water partition coefficient (Wildman–Crippen LogP) is 3.31. The van der Waals surface area contributed by atoms with Crippen molar-refractivity contribution in [3.05, 3.63) is 33.8 Å². The zero-order chi connectivity index (χ0) is 12.3. The molecule has 0 bridgehead atoms. The molecule has 0 aromatic heterocycles. The minimum absolute atomic E-state index is 0. The molecule has 3 N–H and O–H groups in total. The van der Waals surface area contributed by atoms with E-state index in [9.17, 15) is 13.9 Å². The Morgan fingerprint density at radius 3 is 2.53 bits per heavy atom. The number of halogens is 4. The summed E-state index contributed by atoms with van der Waals surface area (Å²) in [7, 11) is 0. The molecule has 0 saturated heterocycles. The van der Waals surface area contributed by atoms with Crippen LogP contribution in [0.2, 0.25) is 0 Å². The zero-order valence-electron chi connectivity index (χ0n) is 9.29. The van der Waals surface area contributed by atoms with Crippen molar-refractivity contribution in [2.45, 2.75) is 31.9 Å². The van der Waals surface area contributed by atoms with Crippen LogP contribution in [0.3, 0.4) is 0 Å². The highest BCUT2D eigenvalue weighted by Crippen LogP contribution is 2.28. The van der Waals surface area contributed by atoms with E-state index in [2.05, 4.69) is 15.9 Å². The van der Waals surface area contributed by atoms with Crippen LogP contribution in [-0.4, -0.2) is 11.2 Å². The molecule has 1 rings (SSSR count). The quantitative estimate of drug-likeness (QED) is 0.832. The Labute approximate surface area is 114 Å². The summed E-state index contributed by atoms with van der Waals surface area (Å²) in [6, 6.07) is 1.35. The lowest BCUT2D eigenvalue weighted by molar-refractivity contribution is 0.131. The summed E-state index contributed by atoms with van der Waals surface area (Å²) in [6.45, 7) is 1.86. The van der Waals surface area contributed by atoms with Gasteiger partial charge in [-0.15, -0.1) is 12.4 Å². The lowest BCUT2D eigenvalue weighted by atomic mass is 9.98. The average Bonchev–Trinajstić information content (AvgIpc) is 2.24. The third kappa shape index (κ3) is 3.88. The van der Waals surface area contributed by atoms with Crippen molar-refractivity contribution in [1.82, 2.24) is 0 Å². The highest BCUT2D eigenvalue weighted by atomic mass is 79.9. The van der Waals surface area contributed by atoms with Crippen molar-refractivity contribution in [3.63, 3.8) is 0 Å². The van der Waals surface area contributed by atoms with Crippen LogP contribution in [0.15, 0.2) is 16.6 Å². The van der Waals surface area contributed by atoms with Gasteiger partial charge >= 0.3 is 0 Å². The van der Waals surface area contributed by atoms with Gasteiger partial charge in [0.25, 0.3) is 0 Å². The van der Waals surface area contributed by atoms with Crippen molar-refractivity contribution in [3.8, 4) is 0 Å². The number of aliphatic hydroxyl groups excluding tert-OH is 1. The highest BCUT2D eigenvalue weighted by molar-refractivity contribution is 9.10. The molecule has 0 aliphatic heterocycles. The first-order valence-electron chi connectivity index (χ1n) is 5.06. The molecule has 0 amide bonds. The summed E-state index contributed by atoms with van der Waals surface area (Å²) >= 11 is 2.96. The van der Waals surface area contributed by atoms with E-state index >= 15 is 0 Å². The Bertz CT molecular complexity index is 379. The Morgan fingerprint density at radius 1 is 1.41 bits per heavy atom. The molecule has 0 aliphatic rings. The van der Waals surface area contributed by atoms with Gasteiger partial charge in [0, 0.05) is 5.56 Å². The van der Waals surface area contributed by atoms with Crippen LogP contribution in [0.25, 0.3) is 0 Å². The SMILES string of the molecule is CCC[C@H](O)[C@H](N)c1c(F)ccc(Br)c1F.Cl. The molecule has 0 heterocycles. The lowest BCUT2D eigenvalue weighted by Crippen LogP contribution is -2.28. The second-order valence-electron chi connectivity index (χ2n) is 3.64. The summed E-state index contributed by atoms with van der Waals surface area (Å²) in [5.74, 6) is -1.48. The van der Waals surface area contributed by atoms with E-state index in [1.165, 1.54) is 6.07 Å². The van der Waals surface area contributed by atoms with Gasteiger partial charge in [0.1, 0.15) is 11.6 Å². The van der Waals surface area contributed by atoms with Crippen molar-refractivity contribution in [2.24, 2.45) is 5.73 Å². The van der Waals surface area contributed by atoms with E-state index in [0.717, 1.165) is 6.07 Å². The molecular weight excluding hydrogens is 315 g/mol. The van der Waals surface area contributed by atoms with E-state index in [4.69, 9.17) is 5.73 Å². The van der Waals surface area contributed by atoms with Crippen LogP contribution in [0.1, 0.15) is 31.4 Å². The van der Waals surface area contributed by atoms with Crippen molar-refractivity contribution >= 4 is 28.3 Å². The summed E-state index contributed by atoms with van der Waals surface area (Å²) in [6.07, 6.45) is 0.168. The summed E-state index contributed by atoms with van der Waals surface area (Å²) in [5, 5.41) is 9.64. The number of benzene rings is 1. The molecule has 17 heavy (non-hydrogen) atoms. The first kappa shape index (κ1) is 16.8. The molecule has 0 saturated carbocycles. The van der Waals surface area contributed by atoms with Gasteiger partial charge in [0.2, 0.25) is 0 Å². The standard InChI is InChI=1S/C11H14BrF2NO.ClH/c1-2-3-8(16)11(15)9-7(13)5-4-6(12)10(9)14;/h4-5,8,11,16H,2-3,15H2,1H3;1H/t8-,11-;/m0./s1. The normalized spacial score (nSPS) is 14.0. The summed E-state index contributed by atoms with van der Waals surface area (Å²) in [5.41, 5.74) is 5.38. The van der Waals surface area contributed by atoms with Gasteiger partial charge in [-0.3, -0.25) is 0 Å². The summed E-state index contributed by atoms with van der Waals surface area (Å²) < 4.78 is 27.2. The average molecular weight is 331 g/mol. The van der Waals surface area contributed by atoms with E-state index < -0.39 is 23.8 Å². The largest absolute Gasteiger partial charge is 0.391 e. The number of nitrogens with two attached hydrogens (primary N) is 1.